The Morgan fingerprint density at radius 1 is 0.667 bits per heavy atom. The van der Waals surface area contributed by atoms with E-state index in [2.05, 4.69) is 42.0 Å². The number of hydrogen-bond acceptors (Lipinski definition) is 4. The third kappa shape index (κ3) is 9.14. The van der Waals surface area contributed by atoms with Crippen molar-refractivity contribution >= 4 is 0 Å². The summed E-state index contributed by atoms with van der Waals surface area (Å²) in [6.07, 6.45) is 23.1. The zero-order chi connectivity index (χ0) is 21.5. The highest BCUT2D eigenvalue weighted by molar-refractivity contribution is 4.99. The van der Waals surface area contributed by atoms with Crippen LogP contribution in [0.5, 0.6) is 0 Å². The van der Waals surface area contributed by atoms with Crippen LogP contribution in [0.3, 0.4) is 0 Å². The van der Waals surface area contributed by atoms with E-state index in [4.69, 9.17) is 0 Å². The SMILES string of the molecule is CCCCCCCCC(NCC)C(NCC)(NC1CCCCC1)NC1CCCCC1. The predicted molar refractivity (Wildman–Crippen MR) is 132 cm³/mol. The second kappa shape index (κ2) is 15.6. The monoisotopic (exact) mass is 422 g/mol. The van der Waals surface area contributed by atoms with Gasteiger partial charge in [-0.25, -0.2) is 0 Å². The van der Waals surface area contributed by atoms with Crippen molar-refractivity contribution < 1.29 is 0 Å². The van der Waals surface area contributed by atoms with Crippen LogP contribution in [0.1, 0.15) is 130 Å². The molecule has 0 aromatic carbocycles. The Kier molecular flexibility index (Phi) is 13.6. The summed E-state index contributed by atoms with van der Waals surface area (Å²) in [5.74, 6) is -0.182. The fraction of sp³-hybridized carbons (Fsp3) is 1.00. The summed E-state index contributed by atoms with van der Waals surface area (Å²) < 4.78 is 0. The topological polar surface area (TPSA) is 48.1 Å². The summed E-state index contributed by atoms with van der Waals surface area (Å²) in [4.78, 5) is 0. The minimum absolute atomic E-state index is 0.182. The van der Waals surface area contributed by atoms with Crippen molar-refractivity contribution in [2.45, 2.75) is 154 Å². The zero-order valence-electron chi connectivity index (χ0n) is 20.7. The van der Waals surface area contributed by atoms with E-state index in [9.17, 15) is 0 Å². The molecule has 0 saturated heterocycles. The molecule has 4 nitrogen and oxygen atoms in total. The van der Waals surface area contributed by atoms with Crippen molar-refractivity contribution in [1.29, 1.82) is 0 Å². The molecule has 2 saturated carbocycles. The zero-order valence-corrected chi connectivity index (χ0v) is 20.7. The molecule has 2 aliphatic rings. The Hall–Kier alpha value is -0.160. The van der Waals surface area contributed by atoms with Gasteiger partial charge in [0, 0.05) is 12.1 Å². The van der Waals surface area contributed by atoms with Gasteiger partial charge >= 0.3 is 0 Å². The molecule has 0 aromatic heterocycles. The van der Waals surface area contributed by atoms with Crippen molar-refractivity contribution in [2.24, 2.45) is 0 Å². The molecule has 0 heterocycles. The van der Waals surface area contributed by atoms with Crippen LogP contribution in [0.2, 0.25) is 0 Å². The number of likely N-dealkylation sites (N-methyl/N-ethyl adjacent to an activating group) is 2. The minimum atomic E-state index is -0.182. The molecule has 2 aliphatic carbocycles. The molecule has 4 N–H and O–H groups in total. The van der Waals surface area contributed by atoms with Gasteiger partial charge in [-0.05, 0) is 45.2 Å². The standard InChI is InChI=1S/C26H54N4/c1-4-7-8-9-10-17-22-25(27-5-2)26(28-6-3,29-23-18-13-11-14-19-23)30-24-20-15-12-16-21-24/h23-25,27-30H,4-22H2,1-3H3. The van der Waals surface area contributed by atoms with Crippen molar-refractivity contribution in [3.63, 3.8) is 0 Å². The summed E-state index contributed by atoms with van der Waals surface area (Å²) in [5.41, 5.74) is 0. The first-order valence-electron chi connectivity index (χ1n) is 13.8. The lowest BCUT2D eigenvalue weighted by Gasteiger charge is -2.48. The van der Waals surface area contributed by atoms with Crippen LogP contribution in [-0.2, 0) is 0 Å². The van der Waals surface area contributed by atoms with Crippen LogP contribution in [0.4, 0.5) is 0 Å². The molecule has 0 aliphatic heterocycles. The van der Waals surface area contributed by atoms with E-state index in [1.54, 1.807) is 0 Å². The van der Waals surface area contributed by atoms with E-state index in [1.165, 1.54) is 109 Å². The maximum atomic E-state index is 4.18. The Balaban J connectivity index is 2.09. The molecular formula is C26H54N4. The first-order valence-corrected chi connectivity index (χ1v) is 13.8. The molecular weight excluding hydrogens is 368 g/mol. The van der Waals surface area contributed by atoms with Crippen LogP contribution in [0, 0.1) is 0 Å². The predicted octanol–water partition coefficient (Wildman–Crippen LogP) is 5.82. The number of rotatable bonds is 16. The van der Waals surface area contributed by atoms with Gasteiger partial charge in [0.2, 0.25) is 0 Å². The summed E-state index contributed by atoms with van der Waals surface area (Å²) in [5, 5.41) is 16.2. The largest absolute Gasteiger partial charge is 0.310 e. The number of unbranched alkanes of at least 4 members (excludes halogenated alkanes) is 5. The third-order valence-electron chi connectivity index (χ3n) is 7.35. The van der Waals surface area contributed by atoms with E-state index in [0.717, 1.165) is 13.1 Å². The highest BCUT2D eigenvalue weighted by atomic mass is 15.4. The lowest BCUT2D eigenvalue weighted by Crippen LogP contribution is -2.78. The normalized spacial score (nSPS) is 20.5. The summed E-state index contributed by atoms with van der Waals surface area (Å²) >= 11 is 0. The fourth-order valence-corrected chi connectivity index (χ4v) is 5.73. The Labute approximate surface area is 188 Å². The van der Waals surface area contributed by atoms with Gasteiger partial charge in [-0.1, -0.05) is 97.8 Å². The minimum Gasteiger partial charge on any atom is -0.310 e. The van der Waals surface area contributed by atoms with Gasteiger partial charge in [0.25, 0.3) is 0 Å². The Morgan fingerprint density at radius 2 is 1.20 bits per heavy atom. The number of hydrogen-bond donors (Lipinski definition) is 4. The van der Waals surface area contributed by atoms with Crippen molar-refractivity contribution in [2.75, 3.05) is 13.1 Å². The van der Waals surface area contributed by atoms with E-state index in [-0.39, 0.29) is 5.79 Å². The van der Waals surface area contributed by atoms with Gasteiger partial charge in [0.1, 0.15) is 5.79 Å². The van der Waals surface area contributed by atoms with E-state index in [0.29, 0.717) is 18.1 Å². The van der Waals surface area contributed by atoms with Gasteiger partial charge in [-0.15, -0.1) is 0 Å². The molecule has 0 spiro atoms. The second-order valence-corrected chi connectivity index (χ2v) is 9.96. The molecule has 0 radical (unpaired) electrons. The third-order valence-corrected chi connectivity index (χ3v) is 7.35. The molecule has 2 fully saturated rings. The average molecular weight is 423 g/mol. The van der Waals surface area contributed by atoms with Crippen molar-refractivity contribution in [3.05, 3.63) is 0 Å². The first kappa shape index (κ1) is 26.1. The van der Waals surface area contributed by atoms with Crippen LogP contribution >= 0.6 is 0 Å². The maximum Gasteiger partial charge on any atom is 0.139 e. The summed E-state index contributed by atoms with van der Waals surface area (Å²) in [6, 6.07) is 1.71. The fourth-order valence-electron chi connectivity index (χ4n) is 5.73. The van der Waals surface area contributed by atoms with Crippen molar-refractivity contribution in [3.8, 4) is 0 Å². The summed E-state index contributed by atoms with van der Waals surface area (Å²) in [6.45, 7) is 8.88. The molecule has 2 rings (SSSR count). The maximum absolute atomic E-state index is 4.18. The van der Waals surface area contributed by atoms with E-state index < -0.39 is 0 Å². The Bertz CT molecular complexity index is 382. The molecule has 4 heteroatoms. The van der Waals surface area contributed by atoms with Gasteiger partial charge in [0.15, 0.2) is 0 Å². The van der Waals surface area contributed by atoms with Gasteiger partial charge < -0.3 is 5.32 Å². The lowest BCUT2D eigenvalue weighted by molar-refractivity contribution is 0.0815. The quantitative estimate of drug-likeness (QED) is 0.187. The molecule has 0 aromatic rings. The highest BCUT2D eigenvalue weighted by Gasteiger charge is 2.41. The van der Waals surface area contributed by atoms with Crippen molar-refractivity contribution in [1.82, 2.24) is 21.3 Å². The van der Waals surface area contributed by atoms with Crippen LogP contribution in [-0.4, -0.2) is 37.0 Å². The van der Waals surface area contributed by atoms with Crippen LogP contribution in [0.15, 0.2) is 0 Å². The highest BCUT2D eigenvalue weighted by Crippen LogP contribution is 2.25. The second-order valence-electron chi connectivity index (χ2n) is 9.96. The molecule has 0 bridgehead atoms. The summed E-state index contributed by atoms with van der Waals surface area (Å²) in [7, 11) is 0. The van der Waals surface area contributed by atoms with E-state index >= 15 is 0 Å². The average Bonchev–Trinajstić information content (AvgIpc) is 2.77. The van der Waals surface area contributed by atoms with Gasteiger partial charge in [0.05, 0.1) is 6.04 Å². The Morgan fingerprint density at radius 3 is 1.70 bits per heavy atom. The lowest BCUT2D eigenvalue weighted by atomic mass is 9.90. The van der Waals surface area contributed by atoms with Crippen LogP contribution in [0.25, 0.3) is 0 Å². The molecule has 0 amide bonds. The van der Waals surface area contributed by atoms with Gasteiger partial charge in [-0.3, -0.25) is 16.0 Å². The first-order chi connectivity index (χ1) is 14.7. The van der Waals surface area contributed by atoms with E-state index in [1.807, 2.05) is 0 Å². The number of nitrogens with one attached hydrogen (secondary N) is 4. The van der Waals surface area contributed by atoms with Gasteiger partial charge in [-0.2, -0.15) is 0 Å². The molecule has 30 heavy (non-hydrogen) atoms. The molecule has 1 unspecified atom stereocenters. The molecule has 178 valence electrons. The molecule has 1 atom stereocenters. The smallest absolute Gasteiger partial charge is 0.139 e. The van der Waals surface area contributed by atoms with Crippen LogP contribution < -0.4 is 21.3 Å².